The Balaban J connectivity index is 1.58. The smallest absolute Gasteiger partial charge is 0.348 e. The third-order valence-corrected chi connectivity index (χ3v) is 9.36. The Morgan fingerprint density at radius 3 is 2.39 bits per heavy atom. The first-order valence-corrected chi connectivity index (χ1v) is 11.3. The number of carbonyl (C=O) groups is 1. The fraction of sp³-hybridized carbons (Fsp3) is 0.421. The minimum absolute atomic E-state index is 0.263. The van der Waals surface area contributed by atoms with Gasteiger partial charge in [0.1, 0.15) is 4.21 Å². The molecule has 0 unspecified atom stereocenters. The summed E-state index contributed by atoms with van der Waals surface area (Å²) in [5, 5.41) is 4.05. The first-order chi connectivity index (χ1) is 13.1. The fourth-order valence-electron chi connectivity index (χ4n) is 3.75. The Bertz CT molecular complexity index is 1020. The van der Waals surface area contributed by atoms with Crippen molar-refractivity contribution in [3.05, 3.63) is 52.4 Å². The molecule has 4 rings (SSSR count). The highest BCUT2D eigenvalue weighted by atomic mass is 32.2. The van der Waals surface area contributed by atoms with Crippen LogP contribution in [0.2, 0.25) is 0 Å². The third-order valence-electron chi connectivity index (χ3n) is 5.64. The first kappa shape index (κ1) is 19.4. The summed E-state index contributed by atoms with van der Waals surface area (Å²) in [6.45, 7) is 1.62. The van der Waals surface area contributed by atoms with Gasteiger partial charge in [-0.05, 0) is 55.3 Å². The number of amides is 1. The summed E-state index contributed by atoms with van der Waals surface area (Å²) in [6, 6.07) is 6.01. The number of carbonyl (C=O) groups excluding carboxylic acids is 1. The maximum absolute atomic E-state index is 13.0. The number of sulfone groups is 1. The summed E-state index contributed by atoms with van der Waals surface area (Å²) in [4.78, 5) is 13.0. The highest BCUT2D eigenvalue weighted by Gasteiger charge is 2.52. The molecule has 1 aliphatic heterocycles. The minimum atomic E-state index is -4.42. The molecule has 2 aliphatic rings. The summed E-state index contributed by atoms with van der Waals surface area (Å²) in [5.41, 5.74) is -0.429. The van der Waals surface area contributed by atoms with E-state index in [0.29, 0.717) is 24.0 Å². The quantitative estimate of drug-likeness (QED) is 0.795. The van der Waals surface area contributed by atoms with Gasteiger partial charge in [0, 0.05) is 5.56 Å². The van der Waals surface area contributed by atoms with Gasteiger partial charge in [0.15, 0.2) is 9.84 Å². The average molecular weight is 429 g/mol. The van der Waals surface area contributed by atoms with E-state index in [1.54, 1.807) is 18.4 Å². The molecule has 2 heterocycles. The zero-order valence-electron chi connectivity index (χ0n) is 14.9. The zero-order chi connectivity index (χ0) is 20.3. The van der Waals surface area contributed by atoms with E-state index >= 15 is 0 Å². The van der Waals surface area contributed by atoms with Gasteiger partial charge in [-0.25, -0.2) is 8.42 Å². The molecule has 2 atom stereocenters. The molecule has 1 fully saturated rings. The number of hydrogen-bond acceptors (Lipinski definition) is 4. The van der Waals surface area contributed by atoms with Crippen molar-refractivity contribution in [2.45, 2.75) is 53.3 Å². The average Bonchev–Trinajstić information content (AvgIpc) is 3.28. The van der Waals surface area contributed by atoms with E-state index in [2.05, 4.69) is 5.32 Å². The van der Waals surface area contributed by atoms with Gasteiger partial charge in [0.05, 0.1) is 22.3 Å². The van der Waals surface area contributed by atoms with Crippen molar-refractivity contribution in [3.63, 3.8) is 0 Å². The molecule has 0 spiro atoms. The van der Waals surface area contributed by atoms with Crippen LogP contribution in [0.25, 0.3) is 0 Å². The molecule has 1 saturated carbocycles. The lowest BCUT2D eigenvalue weighted by Gasteiger charge is -2.29. The van der Waals surface area contributed by atoms with Gasteiger partial charge >= 0.3 is 6.18 Å². The first-order valence-electron chi connectivity index (χ1n) is 8.86. The van der Waals surface area contributed by atoms with E-state index < -0.39 is 38.3 Å². The molecule has 1 aromatic heterocycles. The van der Waals surface area contributed by atoms with Crippen LogP contribution in [-0.2, 0) is 26.2 Å². The van der Waals surface area contributed by atoms with E-state index in [-0.39, 0.29) is 16.5 Å². The predicted octanol–water partition coefficient (Wildman–Crippen LogP) is 4.22. The van der Waals surface area contributed by atoms with Crippen molar-refractivity contribution in [2.24, 2.45) is 0 Å². The Labute approximate surface area is 164 Å². The summed E-state index contributed by atoms with van der Waals surface area (Å²) in [7, 11) is -3.38. The van der Waals surface area contributed by atoms with E-state index in [1.807, 2.05) is 0 Å². The molecular formula is C19H18F3NO3S2. The standard InChI is InChI=1S/C19H18F3NO3S2/c1-11-10-15(14-6-9-27-16(14)28(11,25)26)23-17(24)18(7-8-18)12-2-4-13(5-3-12)19(20,21)22/h2-6,9,11,15H,7-8,10H2,1H3,(H,23,24)/t11-,15-/m0/s1. The molecule has 2 aromatic rings. The lowest BCUT2D eigenvalue weighted by atomic mass is 9.93. The third kappa shape index (κ3) is 3.04. The van der Waals surface area contributed by atoms with Crippen LogP contribution in [0.3, 0.4) is 0 Å². The Kier molecular flexibility index (Phi) is 4.39. The molecule has 4 nitrogen and oxygen atoms in total. The lowest BCUT2D eigenvalue weighted by molar-refractivity contribution is -0.137. The van der Waals surface area contributed by atoms with Gasteiger partial charge in [-0.15, -0.1) is 11.3 Å². The van der Waals surface area contributed by atoms with E-state index in [1.165, 1.54) is 12.1 Å². The SMILES string of the molecule is C[C@H]1C[C@H](NC(=O)C2(c3ccc(C(F)(F)F)cc3)CC2)c2ccsc2S1(=O)=O. The number of hydrogen-bond donors (Lipinski definition) is 1. The van der Waals surface area contributed by atoms with Crippen LogP contribution in [-0.4, -0.2) is 19.6 Å². The monoisotopic (exact) mass is 429 g/mol. The summed E-state index contributed by atoms with van der Waals surface area (Å²) < 4.78 is 63.5. The number of alkyl halides is 3. The van der Waals surface area contributed by atoms with Crippen molar-refractivity contribution < 1.29 is 26.4 Å². The Hall–Kier alpha value is -1.87. The molecule has 1 N–H and O–H groups in total. The van der Waals surface area contributed by atoms with Crippen molar-refractivity contribution in [1.29, 1.82) is 0 Å². The van der Waals surface area contributed by atoms with Gasteiger partial charge in [0.2, 0.25) is 5.91 Å². The number of benzene rings is 1. The molecular weight excluding hydrogens is 411 g/mol. The van der Waals surface area contributed by atoms with Crippen LogP contribution >= 0.6 is 11.3 Å². The van der Waals surface area contributed by atoms with Crippen LogP contribution in [0.1, 0.15) is 48.9 Å². The second kappa shape index (κ2) is 6.32. The molecule has 0 bridgehead atoms. The highest BCUT2D eigenvalue weighted by molar-refractivity contribution is 7.94. The molecule has 1 amide bonds. The largest absolute Gasteiger partial charge is 0.416 e. The number of halogens is 3. The molecule has 28 heavy (non-hydrogen) atoms. The van der Waals surface area contributed by atoms with Crippen LogP contribution < -0.4 is 5.32 Å². The lowest BCUT2D eigenvalue weighted by Crippen LogP contribution is -2.41. The van der Waals surface area contributed by atoms with Gasteiger partial charge in [-0.1, -0.05) is 12.1 Å². The van der Waals surface area contributed by atoms with Gasteiger partial charge < -0.3 is 5.32 Å². The maximum atomic E-state index is 13.0. The second-order valence-electron chi connectivity index (χ2n) is 7.44. The van der Waals surface area contributed by atoms with Crippen molar-refractivity contribution in [1.82, 2.24) is 5.32 Å². The molecule has 150 valence electrons. The van der Waals surface area contributed by atoms with Crippen LogP contribution in [0.5, 0.6) is 0 Å². The molecule has 1 aliphatic carbocycles. The Morgan fingerprint density at radius 2 is 1.82 bits per heavy atom. The molecule has 0 radical (unpaired) electrons. The highest BCUT2D eigenvalue weighted by Crippen LogP contribution is 2.50. The topological polar surface area (TPSA) is 63.2 Å². The van der Waals surface area contributed by atoms with E-state index in [0.717, 1.165) is 23.5 Å². The summed E-state index contributed by atoms with van der Waals surface area (Å²) in [5.74, 6) is -0.263. The Morgan fingerprint density at radius 1 is 1.18 bits per heavy atom. The van der Waals surface area contributed by atoms with Gasteiger partial charge in [0.25, 0.3) is 0 Å². The maximum Gasteiger partial charge on any atom is 0.416 e. The number of nitrogens with one attached hydrogen (secondary N) is 1. The zero-order valence-corrected chi connectivity index (χ0v) is 16.5. The van der Waals surface area contributed by atoms with E-state index in [9.17, 15) is 26.4 Å². The second-order valence-corrected chi connectivity index (χ2v) is 10.9. The van der Waals surface area contributed by atoms with Crippen LogP contribution in [0.4, 0.5) is 13.2 Å². The number of fused-ring (bicyclic) bond motifs is 1. The van der Waals surface area contributed by atoms with Crippen molar-refractivity contribution in [3.8, 4) is 0 Å². The fourth-order valence-corrected chi connectivity index (χ4v) is 6.98. The van der Waals surface area contributed by atoms with Crippen molar-refractivity contribution in [2.75, 3.05) is 0 Å². The summed E-state index contributed by atoms with van der Waals surface area (Å²) >= 11 is 1.14. The molecule has 0 saturated heterocycles. The van der Waals surface area contributed by atoms with E-state index in [4.69, 9.17) is 0 Å². The minimum Gasteiger partial charge on any atom is -0.348 e. The van der Waals surface area contributed by atoms with Gasteiger partial charge in [-0.3, -0.25) is 4.79 Å². The van der Waals surface area contributed by atoms with Gasteiger partial charge in [-0.2, -0.15) is 13.2 Å². The summed E-state index contributed by atoms with van der Waals surface area (Å²) in [6.07, 6.45) is -3.03. The molecule has 1 aromatic carbocycles. The number of thiophene rings is 1. The van der Waals surface area contributed by atoms with Crippen LogP contribution in [0, 0.1) is 0 Å². The normalized spacial score (nSPS) is 25.0. The number of rotatable bonds is 3. The molecule has 9 heteroatoms. The van der Waals surface area contributed by atoms with Crippen LogP contribution in [0.15, 0.2) is 39.9 Å². The van der Waals surface area contributed by atoms with Crippen molar-refractivity contribution >= 4 is 27.1 Å². The predicted molar refractivity (Wildman–Crippen MR) is 98.8 cm³/mol.